The Morgan fingerprint density at radius 2 is 1.83 bits per heavy atom. The van der Waals surface area contributed by atoms with E-state index in [1.54, 1.807) is 27.8 Å². The van der Waals surface area contributed by atoms with Crippen molar-refractivity contribution in [2.45, 2.75) is 26.9 Å². The molecule has 3 heterocycles. The largest absolute Gasteiger partial charge is 0.454 e. The molecule has 0 spiro atoms. The summed E-state index contributed by atoms with van der Waals surface area (Å²) in [5, 5.41) is 12.6. The average Bonchev–Trinajstić information content (AvgIpc) is 3.42. The van der Waals surface area contributed by atoms with Gasteiger partial charge in [-0.25, -0.2) is 9.67 Å². The molecular formula is C20H18Cl2N6O2. The zero-order chi connectivity index (χ0) is 21.3. The summed E-state index contributed by atoms with van der Waals surface area (Å²) in [6.45, 7) is 4.60. The predicted octanol–water partition coefficient (Wildman–Crippen LogP) is 4.34. The molecule has 1 N–H and O–H groups in total. The van der Waals surface area contributed by atoms with Crippen LogP contribution in [-0.4, -0.2) is 30.5 Å². The number of rotatable bonds is 6. The number of benzene rings is 1. The molecule has 0 radical (unpaired) electrons. The molecule has 0 aliphatic rings. The monoisotopic (exact) mass is 444 g/mol. The molecule has 1 aromatic carbocycles. The van der Waals surface area contributed by atoms with Gasteiger partial charge in [-0.2, -0.15) is 5.10 Å². The van der Waals surface area contributed by atoms with Gasteiger partial charge in [0.05, 0.1) is 29.5 Å². The van der Waals surface area contributed by atoms with Crippen molar-refractivity contribution in [3.8, 4) is 0 Å². The third-order valence-electron chi connectivity index (χ3n) is 4.50. The number of furan rings is 1. The first-order chi connectivity index (χ1) is 14.4. The predicted molar refractivity (Wildman–Crippen MR) is 113 cm³/mol. The van der Waals surface area contributed by atoms with Crippen molar-refractivity contribution in [1.29, 1.82) is 0 Å². The molecule has 0 bridgehead atoms. The molecule has 10 heteroatoms. The van der Waals surface area contributed by atoms with Crippen LogP contribution in [-0.2, 0) is 13.1 Å². The van der Waals surface area contributed by atoms with Gasteiger partial charge in [-0.3, -0.25) is 14.8 Å². The number of aryl methyl sites for hydroxylation is 1. The molecule has 0 aliphatic carbocycles. The molecule has 8 nitrogen and oxygen atoms in total. The van der Waals surface area contributed by atoms with Crippen LogP contribution in [0.3, 0.4) is 0 Å². The van der Waals surface area contributed by atoms with Crippen LogP contribution in [0.15, 0.2) is 47.1 Å². The first-order valence-corrected chi connectivity index (χ1v) is 9.88. The van der Waals surface area contributed by atoms with E-state index in [4.69, 9.17) is 27.6 Å². The van der Waals surface area contributed by atoms with Crippen LogP contribution in [0, 0.1) is 13.8 Å². The molecule has 30 heavy (non-hydrogen) atoms. The van der Waals surface area contributed by atoms with Crippen molar-refractivity contribution in [3.63, 3.8) is 0 Å². The van der Waals surface area contributed by atoms with E-state index in [1.807, 2.05) is 38.1 Å². The molecule has 4 aromatic rings. The number of carbonyl (C=O) groups excluding carboxylic acids is 1. The van der Waals surface area contributed by atoms with Gasteiger partial charge in [0.25, 0.3) is 5.91 Å². The van der Waals surface area contributed by atoms with Crippen molar-refractivity contribution >= 4 is 35.1 Å². The fourth-order valence-corrected chi connectivity index (χ4v) is 3.19. The van der Waals surface area contributed by atoms with Gasteiger partial charge >= 0.3 is 0 Å². The zero-order valence-corrected chi connectivity index (χ0v) is 17.8. The fraction of sp³-hybridized carbons (Fsp3) is 0.200. The third kappa shape index (κ3) is 4.39. The molecule has 1 amide bonds. The lowest BCUT2D eigenvalue weighted by atomic mass is 10.2. The summed E-state index contributed by atoms with van der Waals surface area (Å²) < 4.78 is 9.01. The Labute approximate surface area is 182 Å². The van der Waals surface area contributed by atoms with Crippen molar-refractivity contribution in [2.24, 2.45) is 0 Å². The second-order valence-electron chi connectivity index (χ2n) is 6.75. The number of amides is 1. The molecule has 3 aromatic heterocycles. The van der Waals surface area contributed by atoms with E-state index in [9.17, 15) is 4.79 Å². The fourth-order valence-electron chi connectivity index (χ4n) is 2.93. The Morgan fingerprint density at radius 1 is 1.07 bits per heavy atom. The highest BCUT2D eigenvalue weighted by Gasteiger charge is 2.16. The minimum Gasteiger partial charge on any atom is -0.454 e. The average molecular weight is 445 g/mol. The standard InChI is InChI=1S/C20H18Cl2N6O2/c1-12-18(22)13(2)28(25-12)10-16-7-8-17(30-16)19(29)24-20-23-11-27(26-20)9-14-3-5-15(21)6-4-14/h3-8,11H,9-10H2,1-2H3,(H,24,26,29). The lowest BCUT2D eigenvalue weighted by molar-refractivity contribution is 0.0993. The number of carbonyl (C=O) groups is 1. The smallest absolute Gasteiger partial charge is 0.293 e. The summed E-state index contributed by atoms with van der Waals surface area (Å²) in [5.74, 6) is 0.504. The van der Waals surface area contributed by atoms with Crippen molar-refractivity contribution in [2.75, 3.05) is 5.32 Å². The summed E-state index contributed by atoms with van der Waals surface area (Å²) in [4.78, 5) is 16.6. The quantitative estimate of drug-likeness (QED) is 0.477. The van der Waals surface area contributed by atoms with Gasteiger partial charge in [-0.1, -0.05) is 35.3 Å². The molecule has 4 rings (SSSR count). The van der Waals surface area contributed by atoms with Gasteiger partial charge in [0.2, 0.25) is 5.95 Å². The Bertz CT molecular complexity index is 1190. The number of anilines is 1. The summed E-state index contributed by atoms with van der Waals surface area (Å²) in [6.07, 6.45) is 1.55. The summed E-state index contributed by atoms with van der Waals surface area (Å²) in [6, 6.07) is 10.8. The Kier molecular flexibility index (Phi) is 5.61. The first-order valence-electron chi connectivity index (χ1n) is 9.12. The molecule has 0 aliphatic heterocycles. The first kappa shape index (κ1) is 20.2. The van der Waals surface area contributed by atoms with Gasteiger partial charge in [-0.15, -0.1) is 5.10 Å². The Morgan fingerprint density at radius 3 is 2.53 bits per heavy atom. The van der Waals surface area contributed by atoms with Crippen LogP contribution in [0.2, 0.25) is 10.0 Å². The molecule has 0 unspecified atom stereocenters. The minimum atomic E-state index is -0.433. The van der Waals surface area contributed by atoms with E-state index in [0.717, 1.165) is 17.0 Å². The van der Waals surface area contributed by atoms with Gasteiger partial charge < -0.3 is 4.42 Å². The number of hydrogen-bond donors (Lipinski definition) is 1. The van der Waals surface area contributed by atoms with E-state index in [-0.39, 0.29) is 11.7 Å². The van der Waals surface area contributed by atoms with Gasteiger partial charge in [-0.05, 0) is 43.7 Å². The Hall–Kier alpha value is -3.10. The lowest BCUT2D eigenvalue weighted by Crippen LogP contribution is -2.12. The summed E-state index contributed by atoms with van der Waals surface area (Å²) in [5.41, 5.74) is 2.60. The van der Waals surface area contributed by atoms with E-state index in [1.165, 1.54) is 0 Å². The summed E-state index contributed by atoms with van der Waals surface area (Å²) >= 11 is 12.1. The normalized spacial score (nSPS) is 11.1. The Balaban J connectivity index is 1.39. The van der Waals surface area contributed by atoms with E-state index >= 15 is 0 Å². The van der Waals surface area contributed by atoms with Gasteiger partial charge in [0, 0.05) is 5.02 Å². The van der Waals surface area contributed by atoms with Gasteiger partial charge in [0.1, 0.15) is 12.1 Å². The van der Waals surface area contributed by atoms with Crippen molar-refractivity contribution < 1.29 is 9.21 Å². The highest BCUT2D eigenvalue weighted by atomic mass is 35.5. The topological polar surface area (TPSA) is 90.8 Å². The maximum absolute atomic E-state index is 12.5. The highest BCUT2D eigenvalue weighted by molar-refractivity contribution is 6.31. The number of halogens is 2. The zero-order valence-electron chi connectivity index (χ0n) is 16.3. The second kappa shape index (κ2) is 8.33. The third-order valence-corrected chi connectivity index (χ3v) is 5.30. The summed E-state index contributed by atoms with van der Waals surface area (Å²) in [7, 11) is 0. The number of nitrogens with zero attached hydrogens (tertiary/aromatic N) is 5. The van der Waals surface area contributed by atoms with Crippen LogP contribution in [0.5, 0.6) is 0 Å². The van der Waals surface area contributed by atoms with Crippen LogP contribution in [0.1, 0.15) is 33.3 Å². The van der Waals surface area contributed by atoms with Crippen molar-refractivity contribution in [1.82, 2.24) is 24.5 Å². The van der Waals surface area contributed by atoms with E-state index < -0.39 is 5.91 Å². The second-order valence-corrected chi connectivity index (χ2v) is 7.57. The van der Waals surface area contributed by atoms with E-state index in [0.29, 0.717) is 28.9 Å². The number of hydrogen-bond acceptors (Lipinski definition) is 5. The number of aromatic nitrogens is 5. The van der Waals surface area contributed by atoms with Gasteiger partial charge in [0.15, 0.2) is 5.76 Å². The van der Waals surface area contributed by atoms with Crippen molar-refractivity contribution in [3.05, 3.63) is 81.2 Å². The van der Waals surface area contributed by atoms with Crippen LogP contribution in [0.25, 0.3) is 0 Å². The molecular weight excluding hydrogens is 427 g/mol. The molecule has 154 valence electrons. The minimum absolute atomic E-state index is 0.159. The molecule has 0 saturated heterocycles. The number of nitrogens with one attached hydrogen (secondary N) is 1. The highest BCUT2D eigenvalue weighted by Crippen LogP contribution is 2.20. The maximum atomic E-state index is 12.5. The SMILES string of the molecule is Cc1nn(Cc2ccc(C(=O)Nc3ncn(Cc4ccc(Cl)cc4)n3)o2)c(C)c1Cl. The van der Waals surface area contributed by atoms with Crippen LogP contribution in [0.4, 0.5) is 5.95 Å². The lowest BCUT2D eigenvalue weighted by Gasteiger charge is -2.02. The van der Waals surface area contributed by atoms with Crippen LogP contribution < -0.4 is 5.32 Å². The van der Waals surface area contributed by atoms with Crippen LogP contribution >= 0.6 is 23.2 Å². The molecule has 0 atom stereocenters. The molecule has 0 saturated carbocycles. The molecule has 0 fully saturated rings. The maximum Gasteiger partial charge on any atom is 0.293 e. The van der Waals surface area contributed by atoms with E-state index in [2.05, 4.69) is 20.5 Å².